The Labute approximate surface area is 109 Å². The SMILES string of the molecule is Nc1cc(Cc2c(O)ccc(Cl)c2Cl)ccn1. The first-order chi connectivity index (χ1) is 8.08. The van der Waals surface area contributed by atoms with E-state index in [1.54, 1.807) is 18.3 Å². The predicted octanol–water partition coefficient (Wildman–Crippen LogP) is 3.27. The molecule has 3 nitrogen and oxygen atoms in total. The summed E-state index contributed by atoms with van der Waals surface area (Å²) in [4.78, 5) is 3.90. The number of nitrogen functional groups attached to an aromatic ring is 1. The van der Waals surface area contributed by atoms with E-state index >= 15 is 0 Å². The van der Waals surface area contributed by atoms with E-state index in [4.69, 9.17) is 28.9 Å². The van der Waals surface area contributed by atoms with Crippen LogP contribution in [0, 0.1) is 0 Å². The minimum atomic E-state index is 0.120. The molecule has 2 aromatic rings. The molecular formula is C12H10Cl2N2O. The third-order valence-electron chi connectivity index (χ3n) is 2.40. The Kier molecular flexibility index (Phi) is 3.41. The van der Waals surface area contributed by atoms with Gasteiger partial charge in [-0.25, -0.2) is 4.98 Å². The number of hydrogen-bond acceptors (Lipinski definition) is 3. The molecule has 3 N–H and O–H groups in total. The van der Waals surface area contributed by atoms with E-state index in [9.17, 15) is 5.11 Å². The fourth-order valence-electron chi connectivity index (χ4n) is 1.56. The molecular weight excluding hydrogens is 259 g/mol. The summed E-state index contributed by atoms with van der Waals surface area (Å²) in [6.45, 7) is 0. The molecule has 0 bridgehead atoms. The van der Waals surface area contributed by atoms with Crippen LogP contribution in [0.3, 0.4) is 0 Å². The van der Waals surface area contributed by atoms with Gasteiger partial charge < -0.3 is 10.8 Å². The summed E-state index contributed by atoms with van der Waals surface area (Å²) in [7, 11) is 0. The molecule has 17 heavy (non-hydrogen) atoms. The quantitative estimate of drug-likeness (QED) is 0.879. The van der Waals surface area contributed by atoms with Gasteiger partial charge in [-0.1, -0.05) is 23.2 Å². The molecule has 0 saturated heterocycles. The van der Waals surface area contributed by atoms with E-state index in [0.717, 1.165) is 5.56 Å². The first-order valence-corrected chi connectivity index (χ1v) is 5.70. The zero-order valence-electron chi connectivity index (χ0n) is 8.82. The van der Waals surface area contributed by atoms with Crippen molar-refractivity contribution in [3.05, 3.63) is 51.6 Å². The van der Waals surface area contributed by atoms with Crippen molar-refractivity contribution in [3.63, 3.8) is 0 Å². The molecule has 0 aliphatic rings. The number of nitrogens with two attached hydrogens (primary N) is 1. The zero-order chi connectivity index (χ0) is 12.4. The zero-order valence-corrected chi connectivity index (χ0v) is 10.3. The number of halogens is 2. The van der Waals surface area contributed by atoms with Gasteiger partial charge in [-0.05, 0) is 29.8 Å². The van der Waals surface area contributed by atoms with Crippen molar-refractivity contribution in [2.24, 2.45) is 0 Å². The second kappa shape index (κ2) is 4.82. The fraction of sp³-hybridized carbons (Fsp3) is 0.0833. The van der Waals surface area contributed by atoms with Crippen LogP contribution >= 0.6 is 23.2 Å². The van der Waals surface area contributed by atoms with Gasteiger partial charge in [0.25, 0.3) is 0 Å². The molecule has 0 radical (unpaired) electrons. The molecule has 0 fully saturated rings. The minimum Gasteiger partial charge on any atom is -0.508 e. The van der Waals surface area contributed by atoms with Gasteiger partial charge in [-0.15, -0.1) is 0 Å². The van der Waals surface area contributed by atoms with Crippen molar-refractivity contribution in [2.75, 3.05) is 5.73 Å². The minimum absolute atomic E-state index is 0.120. The second-order valence-electron chi connectivity index (χ2n) is 3.62. The van der Waals surface area contributed by atoms with Crippen molar-refractivity contribution >= 4 is 29.0 Å². The Morgan fingerprint density at radius 1 is 1.24 bits per heavy atom. The number of aromatic hydroxyl groups is 1. The lowest BCUT2D eigenvalue weighted by atomic mass is 10.0. The van der Waals surface area contributed by atoms with Gasteiger partial charge in [0.15, 0.2) is 0 Å². The first kappa shape index (κ1) is 12.0. The molecule has 1 aromatic carbocycles. The van der Waals surface area contributed by atoms with Crippen LogP contribution in [-0.4, -0.2) is 10.1 Å². The summed E-state index contributed by atoms with van der Waals surface area (Å²) >= 11 is 12.0. The summed E-state index contributed by atoms with van der Waals surface area (Å²) in [5.41, 5.74) is 7.09. The van der Waals surface area contributed by atoms with Crippen molar-refractivity contribution in [1.82, 2.24) is 4.98 Å². The molecule has 2 rings (SSSR count). The highest BCUT2D eigenvalue weighted by molar-refractivity contribution is 6.42. The van der Waals surface area contributed by atoms with E-state index in [2.05, 4.69) is 4.98 Å². The molecule has 1 heterocycles. The summed E-state index contributed by atoms with van der Waals surface area (Å²) < 4.78 is 0. The second-order valence-corrected chi connectivity index (χ2v) is 4.41. The monoisotopic (exact) mass is 268 g/mol. The lowest BCUT2D eigenvalue weighted by Gasteiger charge is -2.08. The molecule has 1 aromatic heterocycles. The van der Waals surface area contributed by atoms with Crippen LogP contribution in [0.4, 0.5) is 5.82 Å². The highest BCUT2D eigenvalue weighted by Gasteiger charge is 2.11. The standard InChI is InChI=1S/C12H10Cl2N2O/c13-9-1-2-10(17)8(12(9)14)5-7-3-4-16-11(15)6-7/h1-4,6,17H,5H2,(H2,15,16). The number of hydrogen-bond donors (Lipinski definition) is 2. The molecule has 0 unspecified atom stereocenters. The van der Waals surface area contributed by atoms with Crippen molar-refractivity contribution in [2.45, 2.75) is 6.42 Å². The molecule has 88 valence electrons. The smallest absolute Gasteiger partial charge is 0.123 e. The van der Waals surface area contributed by atoms with Gasteiger partial charge in [0.2, 0.25) is 0 Å². The Hall–Kier alpha value is -1.45. The third-order valence-corrected chi connectivity index (χ3v) is 3.24. The van der Waals surface area contributed by atoms with Crippen molar-refractivity contribution in [3.8, 4) is 5.75 Å². The maximum Gasteiger partial charge on any atom is 0.123 e. The van der Waals surface area contributed by atoms with Crippen LogP contribution in [0.2, 0.25) is 10.0 Å². The maximum atomic E-state index is 9.76. The van der Waals surface area contributed by atoms with Gasteiger partial charge in [0, 0.05) is 18.2 Å². The average Bonchev–Trinajstić information content (AvgIpc) is 2.30. The lowest BCUT2D eigenvalue weighted by Crippen LogP contribution is -1.95. The summed E-state index contributed by atoms with van der Waals surface area (Å²) in [5.74, 6) is 0.551. The predicted molar refractivity (Wildman–Crippen MR) is 69.6 cm³/mol. The van der Waals surface area contributed by atoms with Crippen LogP contribution in [0.15, 0.2) is 30.5 Å². The van der Waals surface area contributed by atoms with Gasteiger partial charge in [-0.2, -0.15) is 0 Å². The van der Waals surface area contributed by atoms with E-state index < -0.39 is 0 Å². The molecule has 5 heteroatoms. The lowest BCUT2D eigenvalue weighted by molar-refractivity contribution is 0.469. The van der Waals surface area contributed by atoms with Gasteiger partial charge >= 0.3 is 0 Å². The topological polar surface area (TPSA) is 59.1 Å². The average molecular weight is 269 g/mol. The maximum absolute atomic E-state index is 9.76. The van der Waals surface area contributed by atoms with Gasteiger partial charge in [0.1, 0.15) is 11.6 Å². The van der Waals surface area contributed by atoms with E-state index in [0.29, 0.717) is 27.8 Å². The van der Waals surface area contributed by atoms with Crippen LogP contribution in [-0.2, 0) is 6.42 Å². The van der Waals surface area contributed by atoms with Crippen LogP contribution in [0.25, 0.3) is 0 Å². The number of phenols is 1. The van der Waals surface area contributed by atoms with Gasteiger partial charge in [0.05, 0.1) is 10.0 Å². The number of pyridine rings is 1. The van der Waals surface area contributed by atoms with Crippen molar-refractivity contribution < 1.29 is 5.11 Å². The number of nitrogens with zero attached hydrogens (tertiary/aromatic N) is 1. The van der Waals surface area contributed by atoms with Gasteiger partial charge in [-0.3, -0.25) is 0 Å². The molecule has 0 aliphatic carbocycles. The largest absolute Gasteiger partial charge is 0.508 e. The highest BCUT2D eigenvalue weighted by atomic mass is 35.5. The van der Waals surface area contributed by atoms with E-state index in [1.165, 1.54) is 6.07 Å². The molecule has 0 spiro atoms. The molecule has 0 saturated carbocycles. The summed E-state index contributed by atoms with van der Waals surface area (Å²) in [6.07, 6.45) is 2.07. The number of benzene rings is 1. The van der Waals surface area contributed by atoms with E-state index in [-0.39, 0.29) is 5.75 Å². The first-order valence-electron chi connectivity index (χ1n) is 4.94. The van der Waals surface area contributed by atoms with E-state index in [1.807, 2.05) is 6.07 Å². The van der Waals surface area contributed by atoms with Crippen LogP contribution < -0.4 is 5.73 Å². The Bertz CT molecular complexity index is 558. The Morgan fingerprint density at radius 3 is 2.71 bits per heavy atom. The number of aromatic nitrogens is 1. The number of phenolic OH excluding ortho intramolecular Hbond substituents is 1. The normalized spacial score (nSPS) is 10.5. The van der Waals surface area contributed by atoms with Crippen LogP contribution in [0.1, 0.15) is 11.1 Å². The Morgan fingerprint density at radius 2 is 2.00 bits per heavy atom. The summed E-state index contributed by atoms with van der Waals surface area (Å²) in [5, 5.41) is 10.5. The number of anilines is 1. The molecule has 0 atom stereocenters. The third kappa shape index (κ3) is 2.62. The Balaban J connectivity index is 2.39. The van der Waals surface area contributed by atoms with Crippen molar-refractivity contribution in [1.29, 1.82) is 0 Å². The molecule has 0 amide bonds. The summed E-state index contributed by atoms with van der Waals surface area (Å²) in [6, 6.07) is 6.63. The van der Waals surface area contributed by atoms with Crippen LogP contribution in [0.5, 0.6) is 5.75 Å². The highest BCUT2D eigenvalue weighted by Crippen LogP contribution is 2.33. The molecule has 0 aliphatic heterocycles. The number of rotatable bonds is 2. The fourth-order valence-corrected chi connectivity index (χ4v) is 1.96.